The van der Waals surface area contributed by atoms with Crippen LogP contribution in [-0.2, 0) is 6.54 Å². The maximum atomic E-state index is 12.7. The van der Waals surface area contributed by atoms with Gasteiger partial charge in [0.1, 0.15) is 5.69 Å². The number of amides is 1. The Morgan fingerprint density at radius 2 is 1.95 bits per heavy atom. The van der Waals surface area contributed by atoms with Crippen molar-refractivity contribution in [2.45, 2.75) is 46.2 Å². The normalized spacial score (nSPS) is 18.0. The van der Waals surface area contributed by atoms with Crippen molar-refractivity contribution in [1.29, 1.82) is 0 Å². The van der Waals surface area contributed by atoms with Gasteiger partial charge in [0.2, 0.25) is 0 Å². The molecule has 0 aliphatic carbocycles. The monoisotopic (exact) mass is 292 g/mol. The van der Waals surface area contributed by atoms with Gasteiger partial charge in [-0.2, -0.15) is 0 Å². The van der Waals surface area contributed by atoms with Gasteiger partial charge in [-0.15, -0.1) is 0 Å². The molecular formula is C16H28N4O. The number of carbonyl (C=O) groups excluding carboxylic acids is 1. The third-order valence-electron chi connectivity index (χ3n) is 4.42. The molecular weight excluding hydrogens is 264 g/mol. The molecule has 0 bridgehead atoms. The summed E-state index contributed by atoms with van der Waals surface area (Å²) in [5.41, 5.74) is 7.26. The van der Waals surface area contributed by atoms with Crippen molar-refractivity contribution in [1.82, 2.24) is 14.4 Å². The van der Waals surface area contributed by atoms with Gasteiger partial charge < -0.3 is 15.2 Å². The van der Waals surface area contributed by atoms with Crippen LogP contribution in [0.3, 0.4) is 0 Å². The zero-order chi connectivity index (χ0) is 15.4. The Bertz CT molecular complexity index is 475. The second kappa shape index (κ2) is 6.98. The number of piperazine rings is 1. The van der Waals surface area contributed by atoms with Gasteiger partial charge >= 0.3 is 0 Å². The third kappa shape index (κ3) is 3.59. The molecule has 1 amide bonds. The van der Waals surface area contributed by atoms with E-state index in [2.05, 4.69) is 25.7 Å². The Balaban J connectivity index is 2.02. The van der Waals surface area contributed by atoms with Crippen molar-refractivity contribution in [2.75, 3.05) is 31.9 Å². The van der Waals surface area contributed by atoms with Gasteiger partial charge in [-0.1, -0.05) is 13.8 Å². The second-order valence-electron chi connectivity index (χ2n) is 5.94. The molecule has 0 aromatic carbocycles. The molecule has 1 atom stereocenters. The molecule has 1 aromatic rings. The van der Waals surface area contributed by atoms with Gasteiger partial charge in [0, 0.05) is 45.0 Å². The molecule has 21 heavy (non-hydrogen) atoms. The van der Waals surface area contributed by atoms with Crippen LogP contribution in [0.4, 0.5) is 5.69 Å². The van der Waals surface area contributed by atoms with E-state index >= 15 is 0 Å². The van der Waals surface area contributed by atoms with E-state index in [0.717, 1.165) is 51.3 Å². The van der Waals surface area contributed by atoms with Crippen LogP contribution in [0.15, 0.2) is 12.3 Å². The summed E-state index contributed by atoms with van der Waals surface area (Å²) in [6.45, 7) is 10.9. The molecule has 1 saturated heterocycles. The van der Waals surface area contributed by atoms with Crippen molar-refractivity contribution in [3.8, 4) is 0 Å². The van der Waals surface area contributed by atoms with Crippen LogP contribution in [0, 0.1) is 0 Å². The van der Waals surface area contributed by atoms with E-state index in [1.807, 2.05) is 15.7 Å². The Morgan fingerprint density at radius 3 is 2.52 bits per heavy atom. The smallest absolute Gasteiger partial charge is 0.270 e. The van der Waals surface area contributed by atoms with Crippen LogP contribution in [-0.4, -0.2) is 52.5 Å². The first-order chi connectivity index (χ1) is 10.1. The molecule has 0 saturated carbocycles. The fourth-order valence-electron chi connectivity index (χ4n) is 2.92. The average molecular weight is 292 g/mol. The number of hydrogen-bond acceptors (Lipinski definition) is 3. The first-order valence-electron chi connectivity index (χ1n) is 8.05. The summed E-state index contributed by atoms with van der Waals surface area (Å²) in [7, 11) is 0. The van der Waals surface area contributed by atoms with E-state index in [1.54, 1.807) is 6.07 Å². The van der Waals surface area contributed by atoms with Gasteiger partial charge in [-0.25, -0.2) is 0 Å². The lowest BCUT2D eigenvalue weighted by molar-refractivity contribution is 0.0569. The summed E-state index contributed by atoms with van der Waals surface area (Å²) in [5.74, 6) is 0.115. The Labute approximate surface area is 127 Å². The van der Waals surface area contributed by atoms with Crippen LogP contribution in [0.5, 0.6) is 0 Å². The third-order valence-corrected chi connectivity index (χ3v) is 4.42. The second-order valence-corrected chi connectivity index (χ2v) is 5.94. The zero-order valence-electron chi connectivity index (χ0n) is 13.5. The highest BCUT2D eigenvalue weighted by Gasteiger charge is 2.25. The number of anilines is 1. The van der Waals surface area contributed by atoms with Crippen LogP contribution in [0.1, 0.15) is 44.1 Å². The van der Waals surface area contributed by atoms with Crippen molar-refractivity contribution in [2.24, 2.45) is 0 Å². The lowest BCUT2D eigenvalue weighted by atomic mass is 10.2. The predicted molar refractivity (Wildman–Crippen MR) is 86.4 cm³/mol. The van der Waals surface area contributed by atoms with Crippen molar-refractivity contribution in [3.05, 3.63) is 18.0 Å². The van der Waals surface area contributed by atoms with Crippen molar-refractivity contribution in [3.63, 3.8) is 0 Å². The molecule has 1 aliphatic rings. The Morgan fingerprint density at radius 1 is 1.29 bits per heavy atom. The van der Waals surface area contributed by atoms with Crippen LogP contribution >= 0.6 is 0 Å². The minimum atomic E-state index is 0.115. The first kappa shape index (κ1) is 15.9. The summed E-state index contributed by atoms with van der Waals surface area (Å²) in [6.07, 6.45) is 4.02. The van der Waals surface area contributed by atoms with E-state index in [-0.39, 0.29) is 5.91 Å². The summed E-state index contributed by atoms with van der Waals surface area (Å²) >= 11 is 0. The molecule has 1 aromatic heterocycles. The minimum absolute atomic E-state index is 0.115. The van der Waals surface area contributed by atoms with Gasteiger partial charge in [-0.05, 0) is 25.8 Å². The SMILES string of the molecule is CCCn1cc(N)cc1C(=O)N1CCN(C(C)CC)CC1. The molecule has 2 N–H and O–H groups in total. The number of nitrogens with zero attached hydrogens (tertiary/aromatic N) is 3. The highest BCUT2D eigenvalue weighted by Crippen LogP contribution is 2.16. The predicted octanol–water partition coefficient (Wildman–Crippen LogP) is 2.04. The topological polar surface area (TPSA) is 54.5 Å². The van der Waals surface area contributed by atoms with Crippen molar-refractivity contribution >= 4 is 11.6 Å². The molecule has 118 valence electrons. The lowest BCUT2D eigenvalue weighted by Gasteiger charge is -2.37. The highest BCUT2D eigenvalue weighted by molar-refractivity contribution is 5.94. The molecule has 2 rings (SSSR count). The van der Waals surface area contributed by atoms with E-state index in [9.17, 15) is 4.79 Å². The quantitative estimate of drug-likeness (QED) is 0.903. The number of rotatable bonds is 5. The lowest BCUT2D eigenvalue weighted by Crippen LogP contribution is -2.51. The summed E-state index contributed by atoms with van der Waals surface area (Å²) in [6, 6.07) is 2.40. The fourth-order valence-corrected chi connectivity index (χ4v) is 2.92. The molecule has 5 heteroatoms. The minimum Gasteiger partial charge on any atom is -0.397 e. The van der Waals surface area contributed by atoms with E-state index in [1.165, 1.54) is 0 Å². The maximum Gasteiger partial charge on any atom is 0.270 e. The molecule has 1 unspecified atom stereocenters. The number of nitrogen functional groups attached to an aromatic ring is 1. The molecule has 0 spiro atoms. The summed E-state index contributed by atoms with van der Waals surface area (Å²) < 4.78 is 1.98. The molecule has 1 aliphatic heterocycles. The summed E-state index contributed by atoms with van der Waals surface area (Å²) in [4.78, 5) is 17.1. The molecule has 2 heterocycles. The van der Waals surface area contributed by atoms with Crippen LogP contribution in [0.2, 0.25) is 0 Å². The van der Waals surface area contributed by atoms with Crippen molar-refractivity contribution < 1.29 is 4.79 Å². The number of nitrogens with two attached hydrogens (primary N) is 1. The number of aromatic nitrogens is 1. The van der Waals surface area contributed by atoms with Crippen LogP contribution in [0.25, 0.3) is 0 Å². The number of carbonyl (C=O) groups is 1. The van der Waals surface area contributed by atoms with Crippen LogP contribution < -0.4 is 5.73 Å². The first-order valence-corrected chi connectivity index (χ1v) is 8.05. The van der Waals surface area contributed by atoms with E-state index < -0.39 is 0 Å². The standard InChI is InChI=1S/C16H28N4O/c1-4-6-20-12-14(17)11-15(20)16(21)19-9-7-18(8-10-19)13(3)5-2/h11-13H,4-10,17H2,1-3H3. The average Bonchev–Trinajstić information content (AvgIpc) is 2.87. The molecule has 1 fully saturated rings. The van der Waals surface area contributed by atoms with Gasteiger partial charge in [-0.3, -0.25) is 9.69 Å². The Kier molecular flexibility index (Phi) is 5.28. The maximum absolute atomic E-state index is 12.7. The van der Waals surface area contributed by atoms with Gasteiger partial charge in [0.15, 0.2) is 0 Å². The van der Waals surface area contributed by atoms with Gasteiger partial charge in [0.25, 0.3) is 5.91 Å². The number of hydrogen-bond donors (Lipinski definition) is 1. The summed E-state index contributed by atoms with van der Waals surface area (Å²) in [5, 5.41) is 0. The highest BCUT2D eigenvalue weighted by atomic mass is 16.2. The van der Waals surface area contributed by atoms with Gasteiger partial charge in [0.05, 0.1) is 5.69 Å². The van der Waals surface area contributed by atoms with E-state index in [0.29, 0.717) is 11.7 Å². The largest absolute Gasteiger partial charge is 0.397 e. The number of aryl methyl sites for hydroxylation is 1. The molecule has 0 radical (unpaired) electrons. The fraction of sp³-hybridized carbons (Fsp3) is 0.688. The molecule has 5 nitrogen and oxygen atoms in total. The Hall–Kier alpha value is -1.49. The zero-order valence-corrected chi connectivity index (χ0v) is 13.5. The van der Waals surface area contributed by atoms with E-state index in [4.69, 9.17) is 5.73 Å².